The normalized spacial score (nSPS) is 19.9. The Bertz CT molecular complexity index is 444. The van der Waals surface area contributed by atoms with Crippen molar-refractivity contribution >= 4 is 40.1 Å². The fourth-order valence-electron chi connectivity index (χ4n) is 2.15. The molecule has 0 saturated carbocycles. The van der Waals surface area contributed by atoms with Crippen molar-refractivity contribution in [2.75, 3.05) is 25.4 Å². The molecule has 0 radical (unpaired) electrons. The molecule has 0 spiro atoms. The molecule has 1 fully saturated rings. The second-order valence-corrected chi connectivity index (χ2v) is 8.61. The number of carbonyl (C=O) groups excluding carboxylic acids is 1. The summed E-state index contributed by atoms with van der Waals surface area (Å²) in [6.07, 6.45) is 1.15. The summed E-state index contributed by atoms with van der Waals surface area (Å²) in [5.74, 6) is 1.36. The molecule has 1 saturated heterocycles. The zero-order valence-corrected chi connectivity index (χ0v) is 14.5. The van der Waals surface area contributed by atoms with Gasteiger partial charge in [-0.05, 0) is 47.7 Å². The number of halogens is 1. The summed E-state index contributed by atoms with van der Waals surface area (Å²) >= 11 is 4.28. The quantitative estimate of drug-likeness (QED) is 0.581. The van der Waals surface area contributed by atoms with E-state index >= 15 is 0 Å². The van der Waals surface area contributed by atoms with Gasteiger partial charge in [0.05, 0.1) is 6.54 Å². The number of Topliss-reactive ketones (excluding diaryl/α,β-unsaturated/α-hetero) is 1. The van der Waals surface area contributed by atoms with E-state index in [0.717, 1.165) is 30.8 Å². The van der Waals surface area contributed by atoms with E-state index in [0.29, 0.717) is 11.3 Å². The molecule has 0 unspecified atom stereocenters. The van der Waals surface area contributed by atoms with E-state index in [1.54, 1.807) is 0 Å². The molecule has 2 rings (SSSR count). The first-order chi connectivity index (χ1) is 8.96. The van der Waals surface area contributed by atoms with Gasteiger partial charge in [-0.3, -0.25) is 9.69 Å². The highest BCUT2D eigenvalue weighted by atomic mass is 127. The van der Waals surface area contributed by atoms with Crippen molar-refractivity contribution in [2.45, 2.75) is 25.0 Å². The van der Waals surface area contributed by atoms with E-state index in [2.05, 4.69) is 41.3 Å². The van der Waals surface area contributed by atoms with E-state index < -0.39 is 0 Å². The third kappa shape index (κ3) is 4.76. The molecule has 104 valence electrons. The first-order valence-electron chi connectivity index (χ1n) is 6.61. The Labute approximate surface area is 133 Å². The minimum absolute atomic E-state index is 0.237. The van der Waals surface area contributed by atoms with Crippen LogP contribution in [-0.4, -0.2) is 40.8 Å². The van der Waals surface area contributed by atoms with Gasteiger partial charge in [0.25, 0.3) is 0 Å². The standard InChI is InChI=1S/C15H20INOS/c1-15(2)7-8-17(9-10-19-15)11-14(18)12-3-5-13(16)6-4-12/h3-6H,7-11H2,1-2H3. The Morgan fingerprint density at radius 3 is 2.68 bits per heavy atom. The minimum Gasteiger partial charge on any atom is -0.295 e. The van der Waals surface area contributed by atoms with Crippen molar-refractivity contribution < 1.29 is 4.79 Å². The Balaban J connectivity index is 1.93. The molecule has 1 aromatic carbocycles. The smallest absolute Gasteiger partial charge is 0.176 e. The lowest BCUT2D eigenvalue weighted by molar-refractivity contribution is 0.0934. The van der Waals surface area contributed by atoms with Crippen LogP contribution in [0.1, 0.15) is 30.6 Å². The van der Waals surface area contributed by atoms with E-state index in [1.807, 2.05) is 36.0 Å². The summed E-state index contributed by atoms with van der Waals surface area (Å²) in [6, 6.07) is 7.85. The lowest BCUT2D eigenvalue weighted by Gasteiger charge is -2.22. The molecule has 0 amide bonds. The number of thioether (sulfide) groups is 1. The van der Waals surface area contributed by atoms with Crippen LogP contribution >= 0.6 is 34.4 Å². The average molecular weight is 389 g/mol. The highest BCUT2D eigenvalue weighted by Crippen LogP contribution is 2.30. The van der Waals surface area contributed by atoms with Crippen molar-refractivity contribution in [1.82, 2.24) is 4.90 Å². The van der Waals surface area contributed by atoms with Crippen LogP contribution in [-0.2, 0) is 0 Å². The van der Waals surface area contributed by atoms with E-state index in [-0.39, 0.29) is 5.78 Å². The van der Waals surface area contributed by atoms with E-state index in [4.69, 9.17) is 0 Å². The van der Waals surface area contributed by atoms with Crippen molar-refractivity contribution in [2.24, 2.45) is 0 Å². The maximum atomic E-state index is 12.2. The molecule has 2 nitrogen and oxygen atoms in total. The molecule has 0 N–H and O–H groups in total. The Kier molecular flexibility index (Phi) is 5.31. The highest BCUT2D eigenvalue weighted by Gasteiger charge is 2.24. The molecule has 1 heterocycles. The van der Waals surface area contributed by atoms with Crippen molar-refractivity contribution in [3.8, 4) is 0 Å². The Hall–Kier alpha value is -0.0700. The summed E-state index contributed by atoms with van der Waals surface area (Å²) in [5.41, 5.74) is 0.830. The lowest BCUT2D eigenvalue weighted by Crippen LogP contribution is -2.32. The summed E-state index contributed by atoms with van der Waals surface area (Å²) in [6.45, 7) is 7.18. The Morgan fingerprint density at radius 1 is 1.32 bits per heavy atom. The first-order valence-corrected chi connectivity index (χ1v) is 8.68. The van der Waals surface area contributed by atoms with Gasteiger partial charge in [0.2, 0.25) is 0 Å². The van der Waals surface area contributed by atoms with Gasteiger partial charge in [0.1, 0.15) is 0 Å². The molecule has 0 bridgehead atoms. The first kappa shape index (κ1) is 15.3. The van der Waals surface area contributed by atoms with Crippen LogP contribution in [0.3, 0.4) is 0 Å². The molecular weight excluding hydrogens is 369 g/mol. The molecule has 1 aliphatic rings. The van der Waals surface area contributed by atoms with Crippen LogP contribution < -0.4 is 0 Å². The minimum atomic E-state index is 0.237. The van der Waals surface area contributed by atoms with Crippen LogP contribution in [0, 0.1) is 3.57 Å². The zero-order chi connectivity index (χ0) is 13.9. The number of hydrogen-bond donors (Lipinski definition) is 0. The fourth-order valence-corrected chi connectivity index (χ4v) is 3.65. The third-order valence-corrected chi connectivity index (χ3v) is 5.56. The number of ketones is 1. The predicted molar refractivity (Wildman–Crippen MR) is 91.1 cm³/mol. The van der Waals surface area contributed by atoms with Crippen molar-refractivity contribution in [1.29, 1.82) is 0 Å². The van der Waals surface area contributed by atoms with Crippen LogP contribution in [0.5, 0.6) is 0 Å². The van der Waals surface area contributed by atoms with Gasteiger partial charge < -0.3 is 0 Å². The molecule has 1 aliphatic heterocycles. The van der Waals surface area contributed by atoms with E-state index in [9.17, 15) is 4.79 Å². The number of carbonyl (C=O) groups is 1. The third-order valence-electron chi connectivity index (χ3n) is 3.46. The molecule has 0 aromatic heterocycles. The van der Waals surface area contributed by atoms with Crippen molar-refractivity contribution in [3.05, 3.63) is 33.4 Å². The maximum Gasteiger partial charge on any atom is 0.176 e. The molecule has 0 atom stereocenters. The Morgan fingerprint density at radius 2 is 2.00 bits per heavy atom. The molecule has 0 aliphatic carbocycles. The summed E-state index contributed by atoms with van der Waals surface area (Å²) in [5, 5.41) is 0. The highest BCUT2D eigenvalue weighted by molar-refractivity contribution is 14.1. The zero-order valence-electron chi connectivity index (χ0n) is 11.5. The second kappa shape index (κ2) is 6.59. The number of nitrogens with zero attached hydrogens (tertiary/aromatic N) is 1. The van der Waals surface area contributed by atoms with Gasteiger partial charge in [-0.2, -0.15) is 11.8 Å². The topological polar surface area (TPSA) is 20.3 Å². The van der Waals surface area contributed by atoms with Gasteiger partial charge in [-0.25, -0.2) is 0 Å². The predicted octanol–water partition coefficient (Wildman–Crippen LogP) is 3.69. The fraction of sp³-hybridized carbons (Fsp3) is 0.533. The van der Waals surface area contributed by atoms with E-state index in [1.165, 1.54) is 3.57 Å². The van der Waals surface area contributed by atoms with Crippen LogP contribution in [0.4, 0.5) is 0 Å². The molecule has 1 aromatic rings. The van der Waals surface area contributed by atoms with Crippen LogP contribution in [0.2, 0.25) is 0 Å². The SMILES string of the molecule is CC1(C)CCN(CC(=O)c2ccc(I)cc2)CCS1. The van der Waals surface area contributed by atoms with Gasteiger partial charge in [0, 0.05) is 26.2 Å². The van der Waals surface area contributed by atoms with Gasteiger partial charge in [-0.1, -0.05) is 26.0 Å². The van der Waals surface area contributed by atoms with Crippen molar-refractivity contribution in [3.63, 3.8) is 0 Å². The molecular formula is C15H20INOS. The molecule has 19 heavy (non-hydrogen) atoms. The largest absolute Gasteiger partial charge is 0.295 e. The van der Waals surface area contributed by atoms with Gasteiger partial charge in [0.15, 0.2) is 5.78 Å². The maximum absolute atomic E-state index is 12.2. The van der Waals surface area contributed by atoms with Gasteiger partial charge in [-0.15, -0.1) is 0 Å². The number of benzene rings is 1. The monoisotopic (exact) mass is 389 g/mol. The summed E-state index contributed by atoms with van der Waals surface area (Å²) < 4.78 is 1.52. The average Bonchev–Trinajstić information content (AvgIpc) is 2.52. The summed E-state index contributed by atoms with van der Waals surface area (Å²) in [7, 11) is 0. The number of hydrogen-bond acceptors (Lipinski definition) is 3. The number of rotatable bonds is 3. The van der Waals surface area contributed by atoms with Gasteiger partial charge >= 0.3 is 0 Å². The van der Waals surface area contributed by atoms with Crippen LogP contribution in [0.15, 0.2) is 24.3 Å². The molecule has 4 heteroatoms. The second-order valence-electron chi connectivity index (χ2n) is 5.56. The summed E-state index contributed by atoms with van der Waals surface area (Å²) in [4.78, 5) is 14.5. The van der Waals surface area contributed by atoms with Crippen LogP contribution in [0.25, 0.3) is 0 Å². The lowest BCUT2D eigenvalue weighted by atomic mass is 10.1.